The second-order valence-corrected chi connectivity index (χ2v) is 7.82. The third kappa shape index (κ3) is 4.26. The van der Waals surface area contributed by atoms with Gasteiger partial charge in [-0.15, -0.1) is 0 Å². The van der Waals surface area contributed by atoms with Gasteiger partial charge in [0.2, 0.25) is 10.0 Å². The average molecular weight is 370 g/mol. The maximum atomic E-state index is 13.3. The molecule has 8 heteroatoms. The lowest BCUT2D eigenvalue weighted by Crippen LogP contribution is -2.40. The van der Waals surface area contributed by atoms with Crippen LogP contribution in [0.5, 0.6) is 0 Å². The molecule has 1 N–H and O–H groups in total. The first kappa shape index (κ1) is 18.0. The van der Waals surface area contributed by atoms with Crippen molar-refractivity contribution in [2.75, 3.05) is 19.6 Å². The highest BCUT2D eigenvalue weighted by molar-refractivity contribution is 7.89. The molecule has 25 heavy (non-hydrogen) atoms. The summed E-state index contributed by atoms with van der Waals surface area (Å²) in [6, 6.07) is 5.86. The van der Waals surface area contributed by atoms with Crippen molar-refractivity contribution in [3.63, 3.8) is 0 Å². The summed E-state index contributed by atoms with van der Waals surface area (Å²) in [6.45, 7) is 1.81. The van der Waals surface area contributed by atoms with E-state index in [1.165, 1.54) is 0 Å². The number of likely N-dealkylation sites (tertiary alicyclic amines) is 1. The lowest BCUT2D eigenvalue weighted by Gasteiger charge is -2.33. The smallest absolute Gasteiger partial charge is 0.240 e. The highest BCUT2D eigenvalue weighted by atomic mass is 32.2. The van der Waals surface area contributed by atoms with Crippen molar-refractivity contribution in [3.05, 3.63) is 54.0 Å². The quantitative estimate of drug-likeness (QED) is 0.849. The lowest BCUT2D eigenvalue weighted by molar-refractivity contribution is 0.147. The van der Waals surface area contributed by atoms with Crippen LogP contribution in [0.2, 0.25) is 0 Å². The van der Waals surface area contributed by atoms with Crippen LogP contribution in [-0.4, -0.2) is 33.0 Å². The fourth-order valence-electron chi connectivity index (χ4n) is 3.04. The molecule has 1 atom stereocenters. The number of nitrogens with zero attached hydrogens (tertiary/aromatic N) is 1. The number of halogens is 2. The van der Waals surface area contributed by atoms with Crippen molar-refractivity contribution in [2.45, 2.75) is 30.2 Å². The molecular formula is C17H20F2N2O3S. The van der Waals surface area contributed by atoms with Crippen LogP contribution in [0.1, 0.15) is 31.1 Å². The van der Waals surface area contributed by atoms with Crippen molar-refractivity contribution in [3.8, 4) is 0 Å². The first-order valence-electron chi connectivity index (χ1n) is 8.19. The van der Waals surface area contributed by atoms with Gasteiger partial charge < -0.3 is 4.42 Å². The zero-order chi connectivity index (χ0) is 17.9. The summed E-state index contributed by atoms with van der Waals surface area (Å²) in [5.74, 6) is -1.60. The summed E-state index contributed by atoms with van der Waals surface area (Å²) in [5.41, 5.74) is 0. The average Bonchev–Trinajstić information content (AvgIpc) is 3.12. The van der Waals surface area contributed by atoms with E-state index in [1.54, 1.807) is 12.3 Å². The lowest BCUT2D eigenvalue weighted by atomic mass is 10.1. The molecular weight excluding hydrogens is 350 g/mol. The number of rotatable bonds is 6. The zero-order valence-electron chi connectivity index (χ0n) is 13.6. The van der Waals surface area contributed by atoms with E-state index in [9.17, 15) is 17.2 Å². The van der Waals surface area contributed by atoms with Crippen LogP contribution in [0, 0.1) is 11.6 Å². The van der Waals surface area contributed by atoms with Gasteiger partial charge in [0.25, 0.3) is 0 Å². The van der Waals surface area contributed by atoms with Gasteiger partial charge in [0.05, 0.1) is 17.2 Å². The monoisotopic (exact) mass is 370 g/mol. The zero-order valence-corrected chi connectivity index (χ0v) is 14.4. The minimum absolute atomic E-state index is 0.0921. The molecule has 0 aliphatic carbocycles. The Morgan fingerprint density at radius 1 is 1.12 bits per heavy atom. The van der Waals surface area contributed by atoms with Gasteiger partial charge in [0.1, 0.15) is 5.76 Å². The standard InChI is InChI=1S/C17H20F2N2O3S/c18-14-7-6-13(11-15(14)19)25(22,23)20-12-16(17-5-4-10-24-17)21-8-2-1-3-9-21/h4-7,10-11,16,20H,1-3,8-9,12H2/t16-/m0/s1. The third-order valence-electron chi connectivity index (χ3n) is 4.37. The molecule has 0 saturated carbocycles. The Bertz CT molecular complexity index is 803. The van der Waals surface area contributed by atoms with Gasteiger partial charge in [-0.3, -0.25) is 4.90 Å². The molecule has 1 saturated heterocycles. The van der Waals surface area contributed by atoms with Crippen LogP contribution >= 0.6 is 0 Å². The van der Waals surface area contributed by atoms with Gasteiger partial charge in [0, 0.05) is 6.54 Å². The van der Waals surface area contributed by atoms with Crippen molar-refractivity contribution >= 4 is 10.0 Å². The predicted octanol–water partition coefficient (Wildman–Crippen LogP) is 3.06. The first-order chi connectivity index (χ1) is 12.0. The summed E-state index contributed by atoms with van der Waals surface area (Å²) >= 11 is 0. The molecule has 1 fully saturated rings. The molecule has 3 rings (SSSR count). The number of benzene rings is 1. The molecule has 1 aliphatic rings. The second-order valence-electron chi connectivity index (χ2n) is 6.06. The minimum Gasteiger partial charge on any atom is -0.468 e. The van der Waals surface area contributed by atoms with E-state index in [1.807, 2.05) is 6.07 Å². The molecule has 0 unspecified atom stereocenters. The Kier molecular flexibility index (Phi) is 5.51. The van der Waals surface area contributed by atoms with E-state index in [0.717, 1.165) is 44.5 Å². The second kappa shape index (κ2) is 7.63. The summed E-state index contributed by atoms with van der Waals surface area (Å²) in [5, 5.41) is 0. The first-order valence-corrected chi connectivity index (χ1v) is 9.68. The summed E-state index contributed by atoms with van der Waals surface area (Å²) in [4.78, 5) is 1.87. The number of piperidine rings is 1. The van der Waals surface area contributed by atoms with E-state index < -0.39 is 21.7 Å². The summed E-state index contributed by atoms with van der Waals surface area (Å²) in [6.07, 6.45) is 4.80. The Balaban J connectivity index is 1.76. The Labute approximate surface area is 145 Å². The van der Waals surface area contributed by atoms with Gasteiger partial charge >= 0.3 is 0 Å². The van der Waals surface area contributed by atoms with Crippen LogP contribution in [0.4, 0.5) is 8.78 Å². The van der Waals surface area contributed by atoms with Crippen molar-refractivity contribution < 1.29 is 21.6 Å². The fourth-order valence-corrected chi connectivity index (χ4v) is 4.09. The van der Waals surface area contributed by atoms with E-state index in [2.05, 4.69) is 9.62 Å². The van der Waals surface area contributed by atoms with Gasteiger partial charge in [-0.1, -0.05) is 6.42 Å². The molecule has 1 aromatic carbocycles. The Morgan fingerprint density at radius 3 is 2.52 bits per heavy atom. The van der Waals surface area contributed by atoms with Gasteiger partial charge in [-0.25, -0.2) is 21.9 Å². The number of sulfonamides is 1. The Hall–Kier alpha value is -1.77. The van der Waals surface area contributed by atoms with E-state index in [4.69, 9.17) is 4.42 Å². The van der Waals surface area contributed by atoms with Crippen LogP contribution in [-0.2, 0) is 10.0 Å². The minimum atomic E-state index is -3.95. The molecule has 0 bridgehead atoms. The number of hydrogen-bond acceptors (Lipinski definition) is 4. The molecule has 1 aromatic heterocycles. The molecule has 0 amide bonds. The summed E-state index contributed by atoms with van der Waals surface area (Å²) in [7, 11) is -3.95. The van der Waals surface area contributed by atoms with Crippen molar-refractivity contribution in [1.29, 1.82) is 0 Å². The van der Waals surface area contributed by atoms with E-state index in [-0.39, 0.29) is 17.5 Å². The largest absolute Gasteiger partial charge is 0.468 e. The number of furan rings is 1. The van der Waals surface area contributed by atoms with Gasteiger partial charge in [-0.05, 0) is 56.3 Å². The van der Waals surface area contributed by atoms with Crippen LogP contribution in [0.15, 0.2) is 45.9 Å². The maximum absolute atomic E-state index is 13.3. The van der Waals surface area contributed by atoms with Crippen LogP contribution in [0.3, 0.4) is 0 Å². The molecule has 2 aromatic rings. The molecule has 5 nitrogen and oxygen atoms in total. The normalized spacial score (nSPS) is 17.5. The topological polar surface area (TPSA) is 62.6 Å². The highest BCUT2D eigenvalue weighted by Crippen LogP contribution is 2.25. The predicted molar refractivity (Wildman–Crippen MR) is 88.4 cm³/mol. The van der Waals surface area contributed by atoms with Gasteiger partial charge in [-0.2, -0.15) is 0 Å². The Morgan fingerprint density at radius 2 is 1.88 bits per heavy atom. The molecule has 136 valence electrons. The maximum Gasteiger partial charge on any atom is 0.240 e. The summed E-state index contributed by atoms with van der Waals surface area (Å²) < 4.78 is 59.1. The third-order valence-corrected chi connectivity index (χ3v) is 5.79. The van der Waals surface area contributed by atoms with Crippen LogP contribution in [0.25, 0.3) is 0 Å². The molecule has 1 aliphatic heterocycles. The van der Waals surface area contributed by atoms with Crippen molar-refractivity contribution in [1.82, 2.24) is 9.62 Å². The molecule has 0 radical (unpaired) electrons. The molecule has 2 heterocycles. The van der Waals surface area contributed by atoms with Gasteiger partial charge in [0.15, 0.2) is 11.6 Å². The highest BCUT2D eigenvalue weighted by Gasteiger charge is 2.26. The van der Waals surface area contributed by atoms with E-state index >= 15 is 0 Å². The van der Waals surface area contributed by atoms with Crippen molar-refractivity contribution in [2.24, 2.45) is 0 Å². The number of nitrogens with one attached hydrogen (secondary N) is 1. The number of hydrogen-bond donors (Lipinski definition) is 1. The fraction of sp³-hybridized carbons (Fsp3) is 0.412. The SMILES string of the molecule is O=S(=O)(NC[C@@H](c1ccco1)N1CCCCC1)c1ccc(F)c(F)c1. The molecule has 0 spiro atoms. The van der Waals surface area contributed by atoms with E-state index in [0.29, 0.717) is 11.8 Å². The van der Waals surface area contributed by atoms with Crippen LogP contribution < -0.4 is 4.72 Å².